The van der Waals surface area contributed by atoms with E-state index in [-0.39, 0.29) is 0 Å². The molecule has 0 radical (unpaired) electrons. The number of rotatable bonds is 5. The Labute approximate surface area is 122 Å². The molecule has 2 unspecified atom stereocenters. The molecule has 1 aromatic carbocycles. The van der Waals surface area contributed by atoms with Crippen molar-refractivity contribution in [2.45, 2.75) is 43.9 Å². The SMILES string of the molecule is CC1CCCC(CCNc2ccc(S(C)(=O)=O)cc2)C1. The van der Waals surface area contributed by atoms with E-state index in [1.165, 1.54) is 38.4 Å². The van der Waals surface area contributed by atoms with Gasteiger partial charge in [0.05, 0.1) is 4.90 Å². The predicted octanol–water partition coefficient (Wildman–Crippen LogP) is 3.72. The highest BCUT2D eigenvalue weighted by atomic mass is 32.2. The first-order valence-corrected chi connectivity index (χ1v) is 9.38. The van der Waals surface area contributed by atoms with Crippen LogP contribution in [-0.2, 0) is 9.84 Å². The van der Waals surface area contributed by atoms with Gasteiger partial charge in [-0.2, -0.15) is 0 Å². The fourth-order valence-electron chi connectivity index (χ4n) is 3.06. The maximum atomic E-state index is 11.4. The van der Waals surface area contributed by atoms with Crippen molar-refractivity contribution in [2.75, 3.05) is 18.1 Å². The molecule has 0 heterocycles. The van der Waals surface area contributed by atoms with Gasteiger partial charge in [-0.15, -0.1) is 0 Å². The third kappa shape index (κ3) is 4.51. The van der Waals surface area contributed by atoms with Gasteiger partial charge < -0.3 is 5.32 Å². The molecule has 1 N–H and O–H groups in total. The molecule has 0 aliphatic heterocycles. The van der Waals surface area contributed by atoms with Crippen LogP contribution in [0.1, 0.15) is 39.0 Å². The smallest absolute Gasteiger partial charge is 0.175 e. The summed E-state index contributed by atoms with van der Waals surface area (Å²) in [6.45, 7) is 3.32. The molecule has 1 fully saturated rings. The fraction of sp³-hybridized carbons (Fsp3) is 0.625. The number of anilines is 1. The van der Waals surface area contributed by atoms with E-state index in [2.05, 4.69) is 12.2 Å². The molecule has 0 aromatic heterocycles. The predicted molar refractivity (Wildman–Crippen MR) is 83.8 cm³/mol. The maximum absolute atomic E-state index is 11.4. The van der Waals surface area contributed by atoms with E-state index in [1.54, 1.807) is 12.1 Å². The van der Waals surface area contributed by atoms with Gasteiger partial charge in [0.15, 0.2) is 9.84 Å². The van der Waals surface area contributed by atoms with Crippen molar-refractivity contribution in [3.8, 4) is 0 Å². The molecule has 1 aliphatic carbocycles. The second kappa shape index (κ2) is 6.61. The van der Waals surface area contributed by atoms with Gasteiger partial charge in [-0.1, -0.05) is 26.2 Å². The normalized spacial score (nSPS) is 23.5. The Morgan fingerprint density at radius 2 is 1.90 bits per heavy atom. The molecular formula is C16H25NO2S. The molecule has 3 nitrogen and oxygen atoms in total. The van der Waals surface area contributed by atoms with Gasteiger partial charge in [-0.25, -0.2) is 8.42 Å². The van der Waals surface area contributed by atoms with Crippen LogP contribution in [0, 0.1) is 11.8 Å². The summed E-state index contributed by atoms with van der Waals surface area (Å²) in [5, 5.41) is 3.39. The first-order chi connectivity index (χ1) is 9.45. The molecular weight excluding hydrogens is 270 g/mol. The van der Waals surface area contributed by atoms with E-state index in [0.29, 0.717) is 4.90 Å². The van der Waals surface area contributed by atoms with E-state index < -0.39 is 9.84 Å². The third-order valence-electron chi connectivity index (χ3n) is 4.21. The average molecular weight is 295 g/mol. The Morgan fingerprint density at radius 3 is 2.50 bits per heavy atom. The van der Waals surface area contributed by atoms with E-state index in [4.69, 9.17) is 0 Å². The van der Waals surface area contributed by atoms with Crippen LogP contribution < -0.4 is 5.32 Å². The second-order valence-corrected chi connectivity index (χ2v) is 8.17. The zero-order valence-electron chi connectivity index (χ0n) is 12.4. The third-order valence-corrected chi connectivity index (χ3v) is 5.34. The van der Waals surface area contributed by atoms with Crippen molar-refractivity contribution in [1.29, 1.82) is 0 Å². The Hall–Kier alpha value is -1.03. The summed E-state index contributed by atoms with van der Waals surface area (Å²) in [6, 6.07) is 7.03. The van der Waals surface area contributed by atoms with Gasteiger partial charge in [0.2, 0.25) is 0 Å². The fourth-order valence-corrected chi connectivity index (χ4v) is 3.69. The first kappa shape index (κ1) is 15.4. The highest BCUT2D eigenvalue weighted by Crippen LogP contribution is 2.30. The minimum atomic E-state index is -3.09. The molecule has 2 rings (SSSR count). The summed E-state index contributed by atoms with van der Waals surface area (Å²) < 4.78 is 22.8. The summed E-state index contributed by atoms with van der Waals surface area (Å²) in [5.74, 6) is 1.73. The minimum Gasteiger partial charge on any atom is -0.385 e. The molecule has 0 bridgehead atoms. The van der Waals surface area contributed by atoms with Crippen LogP contribution in [-0.4, -0.2) is 21.2 Å². The molecule has 1 saturated carbocycles. The molecule has 1 aliphatic rings. The monoisotopic (exact) mass is 295 g/mol. The van der Waals surface area contributed by atoms with Gasteiger partial charge in [0, 0.05) is 18.5 Å². The molecule has 0 saturated heterocycles. The number of nitrogens with one attached hydrogen (secondary N) is 1. The van der Waals surface area contributed by atoms with Crippen molar-refractivity contribution in [2.24, 2.45) is 11.8 Å². The summed E-state index contributed by atoms with van der Waals surface area (Å²) >= 11 is 0. The van der Waals surface area contributed by atoms with E-state index >= 15 is 0 Å². The van der Waals surface area contributed by atoms with Crippen LogP contribution in [0.5, 0.6) is 0 Å². The molecule has 112 valence electrons. The number of hydrogen-bond donors (Lipinski definition) is 1. The highest BCUT2D eigenvalue weighted by molar-refractivity contribution is 7.90. The Balaban J connectivity index is 1.79. The largest absolute Gasteiger partial charge is 0.385 e. The average Bonchev–Trinajstić information content (AvgIpc) is 2.38. The first-order valence-electron chi connectivity index (χ1n) is 7.49. The Morgan fingerprint density at radius 1 is 1.20 bits per heavy atom. The maximum Gasteiger partial charge on any atom is 0.175 e. The Bertz CT molecular complexity index is 522. The van der Waals surface area contributed by atoms with E-state index in [9.17, 15) is 8.42 Å². The van der Waals surface area contributed by atoms with Gasteiger partial charge in [0.1, 0.15) is 0 Å². The number of sulfone groups is 1. The summed E-state index contributed by atoms with van der Waals surface area (Å²) in [4.78, 5) is 0.379. The van der Waals surface area contributed by atoms with Crippen LogP contribution in [0.3, 0.4) is 0 Å². The second-order valence-electron chi connectivity index (χ2n) is 6.15. The molecule has 0 spiro atoms. The summed E-state index contributed by atoms with van der Waals surface area (Å²) in [5.41, 5.74) is 1.00. The lowest BCUT2D eigenvalue weighted by atomic mass is 9.81. The molecule has 20 heavy (non-hydrogen) atoms. The lowest BCUT2D eigenvalue weighted by Crippen LogP contribution is -2.16. The van der Waals surface area contributed by atoms with Crippen molar-refractivity contribution >= 4 is 15.5 Å². The number of hydrogen-bond acceptors (Lipinski definition) is 3. The zero-order chi connectivity index (χ0) is 14.6. The van der Waals surface area contributed by atoms with E-state index in [1.807, 2.05) is 12.1 Å². The molecule has 2 atom stereocenters. The minimum absolute atomic E-state index is 0.379. The van der Waals surface area contributed by atoms with Crippen molar-refractivity contribution in [3.63, 3.8) is 0 Å². The van der Waals surface area contributed by atoms with Crippen molar-refractivity contribution in [1.82, 2.24) is 0 Å². The standard InChI is InChI=1S/C16H25NO2S/c1-13-4-3-5-14(12-13)10-11-17-15-6-8-16(9-7-15)20(2,18)19/h6-9,13-14,17H,3-5,10-12H2,1-2H3. The van der Waals surface area contributed by atoms with Crippen LogP contribution in [0.2, 0.25) is 0 Å². The molecule has 0 amide bonds. The van der Waals surface area contributed by atoms with Crippen LogP contribution >= 0.6 is 0 Å². The van der Waals surface area contributed by atoms with Gasteiger partial charge in [-0.3, -0.25) is 0 Å². The van der Waals surface area contributed by atoms with Crippen LogP contribution in [0.15, 0.2) is 29.2 Å². The van der Waals surface area contributed by atoms with Gasteiger partial charge >= 0.3 is 0 Å². The van der Waals surface area contributed by atoms with Crippen LogP contribution in [0.4, 0.5) is 5.69 Å². The van der Waals surface area contributed by atoms with Crippen LogP contribution in [0.25, 0.3) is 0 Å². The lowest BCUT2D eigenvalue weighted by molar-refractivity contribution is 0.274. The quantitative estimate of drug-likeness (QED) is 0.900. The Kier molecular flexibility index (Phi) is 5.08. The van der Waals surface area contributed by atoms with Gasteiger partial charge in [-0.05, 0) is 48.9 Å². The molecule has 1 aromatic rings. The molecule has 4 heteroatoms. The highest BCUT2D eigenvalue weighted by Gasteiger charge is 2.18. The summed E-state index contributed by atoms with van der Waals surface area (Å²) in [7, 11) is -3.09. The van der Waals surface area contributed by atoms with Gasteiger partial charge in [0.25, 0.3) is 0 Å². The summed E-state index contributed by atoms with van der Waals surface area (Å²) in [6.07, 6.45) is 7.91. The topological polar surface area (TPSA) is 46.2 Å². The van der Waals surface area contributed by atoms with E-state index in [0.717, 1.165) is 24.1 Å². The zero-order valence-corrected chi connectivity index (χ0v) is 13.2. The van der Waals surface area contributed by atoms with Crippen molar-refractivity contribution < 1.29 is 8.42 Å². The lowest BCUT2D eigenvalue weighted by Gasteiger charge is -2.26. The van der Waals surface area contributed by atoms with Crippen molar-refractivity contribution in [3.05, 3.63) is 24.3 Å². The number of benzene rings is 1.